The average Bonchev–Trinajstić information content (AvgIpc) is 3.04. The molecule has 174 valence electrons. The number of β-lactam (4-membered cyclic amide) rings is 1. The van der Waals surface area contributed by atoms with Crippen molar-refractivity contribution in [3.05, 3.63) is 70.3 Å². The van der Waals surface area contributed by atoms with E-state index in [-0.39, 0.29) is 17.2 Å². The van der Waals surface area contributed by atoms with Crippen molar-refractivity contribution in [2.75, 3.05) is 0 Å². The van der Waals surface area contributed by atoms with E-state index in [0.29, 0.717) is 0 Å². The van der Waals surface area contributed by atoms with Crippen molar-refractivity contribution in [1.29, 1.82) is 0 Å². The van der Waals surface area contributed by atoms with Gasteiger partial charge < -0.3 is 9.64 Å². The Labute approximate surface area is 194 Å². The molecule has 2 heterocycles. The van der Waals surface area contributed by atoms with E-state index in [1.165, 1.54) is 16.7 Å². The average molecular weight is 493 g/mol. The minimum Gasteiger partial charge on any atom is -0.459 e. The first-order chi connectivity index (χ1) is 15.5. The molecule has 2 aliphatic rings. The Morgan fingerprint density at radius 1 is 1.15 bits per heavy atom. The highest BCUT2D eigenvalue weighted by Crippen LogP contribution is 2.52. The molecular formula is C21H20N2O8S2. The summed E-state index contributed by atoms with van der Waals surface area (Å²) in [7, 11) is -4.36. The third kappa shape index (κ3) is 4.33. The summed E-state index contributed by atoms with van der Waals surface area (Å²) >= 11 is 1.26. The Hall–Kier alpha value is -2.96. The molecule has 0 spiro atoms. The molecule has 0 saturated carbocycles. The molecule has 33 heavy (non-hydrogen) atoms. The summed E-state index contributed by atoms with van der Waals surface area (Å²) < 4.78 is 35.1. The van der Waals surface area contributed by atoms with Gasteiger partial charge in [0.15, 0.2) is 6.10 Å². The van der Waals surface area contributed by atoms with Crippen LogP contribution in [0.5, 0.6) is 0 Å². The maximum absolute atomic E-state index is 12.8. The van der Waals surface area contributed by atoms with Crippen molar-refractivity contribution in [2.45, 2.75) is 47.6 Å². The molecule has 0 aliphatic carbocycles. The molecule has 0 aromatic heterocycles. The van der Waals surface area contributed by atoms with Crippen LogP contribution in [-0.4, -0.2) is 52.4 Å². The third-order valence-electron chi connectivity index (χ3n) is 5.41. The topological polar surface area (TPSA) is 133 Å². The SMILES string of the molecule is CC1(C)S[C@@H]2[C@H](OS(=O)(=O)c3ccc([N+](=O)[O-])cc3)C(=O)N2[C@H]1C(=O)OCc1ccccc1. The smallest absolute Gasteiger partial charge is 0.330 e. The summed E-state index contributed by atoms with van der Waals surface area (Å²) in [6, 6.07) is 12.4. The first-order valence-electron chi connectivity index (χ1n) is 9.89. The number of fused-ring (bicyclic) bond motifs is 1. The normalized spacial score (nSPS) is 23.5. The van der Waals surface area contributed by atoms with Crippen LogP contribution >= 0.6 is 11.8 Å². The summed E-state index contributed by atoms with van der Waals surface area (Å²) in [5, 5.41) is 10.1. The van der Waals surface area contributed by atoms with E-state index in [2.05, 4.69) is 0 Å². The lowest BCUT2D eigenvalue weighted by Crippen LogP contribution is -2.66. The van der Waals surface area contributed by atoms with Gasteiger partial charge in [-0.25, -0.2) is 8.98 Å². The molecule has 4 rings (SSSR count). The van der Waals surface area contributed by atoms with Crippen molar-refractivity contribution in [2.24, 2.45) is 0 Å². The van der Waals surface area contributed by atoms with E-state index in [0.717, 1.165) is 29.8 Å². The number of nitro groups is 1. The highest BCUT2D eigenvalue weighted by Gasteiger charge is 2.65. The van der Waals surface area contributed by atoms with Gasteiger partial charge in [-0.05, 0) is 31.5 Å². The Bertz CT molecular complexity index is 1200. The van der Waals surface area contributed by atoms with Gasteiger partial charge in [-0.15, -0.1) is 11.8 Å². The monoisotopic (exact) mass is 492 g/mol. The van der Waals surface area contributed by atoms with Gasteiger partial charge in [0.05, 0.1) is 9.82 Å². The number of nitro benzene ring substituents is 1. The van der Waals surface area contributed by atoms with E-state index in [9.17, 15) is 28.1 Å². The molecule has 0 N–H and O–H groups in total. The number of nitrogens with zero attached hydrogens (tertiary/aromatic N) is 2. The first-order valence-corrected chi connectivity index (χ1v) is 12.2. The van der Waals surface area contributed by atoms with Crippen LogP contribution < -0.4 is 0 Å². The molecule has 12 heteroatoms. The fourth-order valence-corrected chi connectivity index (χ4v) is 6.49. The van der Waals surface area contributed by atoms with Crippen LogP contribution in [0.15, 0.2) is 59.5 Å². The maximum Gasteiger partial charge on any atom is 0.330 e. The highest BCUT2D eigenvalue weighted by molar-refractivity contribution is 8.01. The quantitative estimate of drug-likeness (QED) is 0.188. The fourth-order valence-electron chi connectivity index (χ4n) is 3.78. The number of hydrogen-bond acceptors (Lipinski definition) is 9. The van der Waals surface area contributed by atoms with E-state index in [1.54, 1.807) is 13.8 Å². The molecule has 0 unspecified atom stereocenters. The van der Waals surface area contributed by atoms with Crippen LogP contribution in [0.2, 0.25) is 0 Å². The highest BCUT2D eigenvalue weighted by atomic mass is 32.2. The fraction of sp³-hybridized carbons (Fsp3) is 0.333. The predicted molar refractivity (Wildman–Crippen MR) is 117 cm³/mol. The van der Waals surface area contributed by atoms with E-state index in [1.807, 2.05) is 30.3 Å². The zero-order valence-electron chi connectivity index (χ0n) is 17.6. The molecule has 0 bridgehead atoms. The van der Waals surface area contributed by atoms with Gasteiger partial charge in [0.1, 0.15) is 18.0 Å². The Morgan fingerprint density at radius 3 is 2.39 bits per heavy atom. The lowest BCUT2D eigenvalue weighted by atomic mass is 9.97. The number of esters is 1. The molecule has 2 saturated heterocycles. The summed E-state index contributed by atoms with van der Waals surface area (Å²) in [4.78, 5) is 36.7. The van der Waals surface area contributed by atoms with Crippen molar-refractivity contribution >= 4 is 39.4 Å². The second-order valence-electron chi connectivity index (χ2n) is 8.08. The number of thioether (sulfide) groups is 1. The molecule has 3 atom stereocenters. The van der Waals surface area contributed by atoms with E-state index >= 15 is 0 Å². The standard InChI is InChI=1S/C21H20N2O8S2/c1-21(2)17(20(25)30-12-13-6-4-3-5-7-13)22-18(24)16(19(22)32-21)31-33(28,29)15-10-8-14(9-11-15)23(26)27/h3-11,16-17,19H,12H2,1-2H3/t16-,17+,19-/m1/s1. The molecule has 1 amide bonds. The maximum atomic E-state index is 12.8. The molecule has 0 radical (unpaired) electrons. The van der Waals surface area contributed by atoms with Gasteiger partial charge in [0.25, 0.3) is 21.7 Å². The van der Waals surface area contributed by atoms with Crippen molar-refractivity contribution in [1.82, 2.24) is 4.90 Å². The summed E-state index contributed by atoms with van der Waals surface area (Å²) in [5.74, 6) is -1.21. The molecule has 2 fully saturated rings. The van der Waals surface area contributed by atoms with E-state index in [4.69, 9.17) is 8.92 Å². The van der Waals surface area contributed by atoms with E-state index < -0.39 is 49.2 Å². The van der Waals surface area contributed by atoms with Crippen LogP contribution in [0.1, 0.15) is 19.4 Å². The van der Waals surface area contributed by atoms with Crippen molar-refractivity contribution < 1.29 is 31.9 Å². The Kier molecular flexibility index (Phi) is 5.93. The summed E-state index contributed by atoms with van der Waals surface area (Å²) in [5.41, 5.74) is 0.529. The van der Waals surface area contributed by atoms with Crippen molar-refractivity contribution in [3.63, 3.8) is 0 Å². The van der Waals surface area contributed by atoms with Crippen LogP contribution in [-0.2, 0) is 35.2 Å². The van der Waals surface area contributed by atoms with Gasteiger partial charge in [0, 0.05) is 16.9 Å². The molecule has 2 aromatic carbocycles. The Balaban J connectivity index is 1.46. The lowest BCUT2D eigenvalue weighted by Gasteiger charge is -2.42. The van der Waals surface area contributed by atoms with Crippen molar-refractivity contribution in [3.8, 4) is 0 Å². The molecule has 2 aromatic rings. The second kappa shape index (κ2) is 8.43. The van der Waals surface area contributed by atoms with Crippen LogP contribution in [0.25, 0.3) is 0 Å². The number of rotatable bonds is 7. The number of amides is 1. The molecular weight excluding hydrogens is 472 g/mol. The van der Waals surface area contributed by atoms with Gasteiger partial charge in [-0.2, -0.15) is 8.42 Å². The Morgan fingerprint density at radius 2 is 1.79 bits per heavy atom. The molecule has 10 nitrogen and oxygen atoms in total. The number of carbonyl (C=O) groups is 2. The number of carbonyl (C=O) groups excluding carboxylic acids is 2. The summed E-state index contributed by atoms with van der Waals surface area (Å²) in [6.45, 7) is 3.61. The minimum atomic E-state index is -4.36. The second-order valence-corrected chi connectivity index (χ2v) is 11.4. The lowest BCUT2D eigenvalue weighted by molar-refractivity contribution is -0.384. The van der Waals surface area contributed by atoms with Gasteiger partial charge in [-0.1, -0.05) is 30.3 Å². The number of hydrogen-bond donors (Lipinski definition) is 0. The third-order valence-corrected chi connectivity index (χ3v) is 8.26. The van der Waals surface area contributed by atoms with Gasteiger partial charge in [0.2, 0.25) is 0 Å². The van der Waals surface area contributed by atoms with Gasteiger partial charge in [-0.3, -0.25) is 14.9 Å². The molecule has 2 aliphatic heterocycles. The predicted octanol–water partition coefficient (Wildman–Crippen LogP) is 2.47. The summed E-state index contributed by atoms with van der Waals surface area (Å²) in [6.07, 6.45) is -1.30. The first kappa shape index (κ1) is 23.2. The zero-order chi connectivity index (χ0) is 24.0. The minimum absolute atomic E-state index is 0.0536. The van der Waals surface area contributed by atoms with Crippen LogP contribution in [0.4, 0.5) is 5.69 Å². The number of benzene rings is 2. The number of ether oxygens (including phenoxy) is 1. The van der Waals surface area contributed by atoms with Crippen LogP contribution in [0.3, 0.4) is 0 Å². The van der Waals surface area contributed by atoms with Crippen LogP contribution in [0, 0.1) is 10.1 Å². The zero-order valence-corrected chi connectivity index (χ0v) is 19.2. The number of non-ortho nitro benzene ring substituents is 1. The van der Waals surface area contributed by atoms with Gasteiger partial charge >= 0.3 is 5.97 Å². The largest absolute Gasteiger partial charge is 0.459 e.